The third-order valence-electron chi connectivity index (χ3n) is 1.97. The fourth-order valence-corrected chi connectivity index (χ4v) is 2.93. The molecule has 1 heterocycles. The number of halogens is 2. The topological polar surface area (TPSA) is 0 Å². The molecule has 0 atom stereocenters. The number of rotatable bonds is 1. The van der Waals surface area contributed by atoms with Crippen LogP contribution in [0.3, 0.4) is 0 Å². The van der Waals surface area contributed by atoms with Crippen molar-refractivity contribution in [2.24, 2.45) is 0 Å². The third-order valence-corrected chi connectivity index (χ3v) is 4.03. The van der Waals surface area contributed by atoms with Gasteiger partial charge in [-0.3, -0.25) is 0 Å². The number of alkyl halides is 1. The zero-order chi connectivity index (χ0) is 9.42. The van der Waals surface area contributed by atoms with Crippen LogP contribution < -0.4 is 0 Å². The number of benzene rings is 1. The molecule has 0 saturated heterocycles. The molecular formula is C10H8BrFS. The van der Waals surface area contributed by atoms with Gasteiger partial charge >= 0.3 is 0 Å². The van der Waals surface area contributed by atoms with E-state index < -0.39 is 0 Å². The van der Waals surface area contributed by atoms with Gasteiger partial charge in [-0.1, -0.05) is 28.1 Å². The fourth-order valence-electron chi connectivity index (χ4n) is 1.31. The van der Waals surface area contributed by atoms with Crippen LogP contribution in [0.5, 0.6) is 0 Å². The minimum Gasteiger partial charge on any atom is -0.205 e. The maximum atomic E-state index is 13.5. The van der Waals surface area contributed by atoms with E-state index in [2.05, 4.69) is 15.9 Å². The number of hydrogen-bond donors (Lipinski definition) is 0. The van der Waals surface area contributed by atoms with Crippen molar-refractivity contribution in [3.63, 3.8) is 0 Å². The Bertz CT molecular complexity index is 447. The van der Waals surface area contributed by atoms with E-state index in [1.54, 1.807) is 0 Å². The van der Waals surface area contributed by atoms with Gasteiger partial charge in [-0.05, 0) is 18.6 Å². The Hall–Kier alpha value is -0.410. The summed E-state index contributed by atoms with van der Waals surface area (Å²) >= 11 is 4.79. The summed E-state index contributed by atoms with van der Waals surface area (Å²) in [5.74, 6) is -0.0723. The first kappa shape index (κ1) is 9.16. The number of fused-ring (bicyclic) bond motifs is 1. The summed E-state index contributed by atoms with van der Waals surface area (Å²) < 4.78 is 14.6. The van der Waals surface area contributed by atoms with E-state index in [4.69, 9.17) is 0 Å². The molecule has 13 heavy (non-hydrogen) atoms. The van der Waals surface area contributed by atoms with Gasteiger partial charge in [-0.25, -0.2) is 4.39 Å². The first-order valence-corrected chi connectivity index (χ1v) is 5.89. The van der Waals surface area contributed by atoms with Crippen molar-refractivity contribution in [1.82, 2.24) is 0 Å². The van der Waals surface area contributed by atoms with Crippen molar-refractivity contribution in [2.75, 3.05) is 0 Å². The summed E-state index contributed by atoms with van der Waals surface area (Å²) in [4.78, 5) is 0.778. The molecule has 3 heteroatoms. The van der Waals surface area contributed by atoms with E-state index in [1.165, 1.54) is 16.9 Å². The van der Waals surface area contributed by atoms with E-state index in [1.807, 2.05) is 25.1 Å². The Morgan fingerprint density at radius 3 is 2.92 bits per heavy atom. The molecule has 0 aliphatic heterocycles. The van der Waals surface area contributed by atoms with Crippen LogP contribution >= 0.6 is 27.3 Å². The molecule has 0 saturated carbocycles. The average Bonchev–Trinajstić information content (AvgIpc) is 2.42. The monoisotopic (exact) mass is 258 g/mol. The van der Waals surface area contributed by atoms with Crippen LogP contribution in [-0.4, -0.2) is 0 Å². The van der Waals surface area contributed by atoms with Gasteiger partial charge in [0.05, 0.1) is 4.88 Å². The lowest BCUT2D eigenvalue weighted by atomic mass is 10.2. The normalized spacial score (nSPS) is 11.0. The molecule has 0 nitrogen and oxygen atoms in total. The van der Waals surface area contributed by atoms with Crippen LogP contribution in [0.25, 0.3) is 10.1 Å². The van der Waals surface area contributed by atoms with Crippen LogP contribution in [0, 0.1) is 12.7 Å². The smallest absolute Gasteiger partial charge is 0.145 e. The van der Waals surface area contributed by atoms with Gasteiger partial charge in [0, 0.05) is 15.4 Å². The van der Waals surface area contributed by atoms with E-state index in [9.17, 15) is 4.39 Å². The molecule has 0 spiro atoms. The predicted molar refractivity (Wildman–Crippen MR) is 59.2 cm³/mol. The Morgan fingerprint density at radius 1 is 1.46 bits per heavy atom. The van der Waals surface area contributed by atoms with Crippen LogP contribution in [0.2, 0.25) is 0 Å². The van der Waals surface area contributed by atoms with Crippen LogP contribution in [0.1, 0.15) is 10.4 Å². The van der Waals surface area contributed by atoms with E-state index in [0.29, 0.717) is 5.33 Å². The molecular weight excluding hydrogens is 251 g/mol. The average molecular weight is 259 g/mol. The van der Waals surface area contributed by atoms with Crippen molar-refractivity contribution in [3.8, 4) is 0 Å². The van der Waals surface area contributed by atoms with E-state index in [0.717, 1.165) is 15.0 Å². The fraction of sp³-hybridized carbons (Fsp3) is 0.200. The predicted octanol–water partition coefficient (Wildman–Crippen LogP) is 4.24. The van der Waals surface area contributed by atoms with E-state index in [-0.39, 0.29) is 5.82 Å². The quantitative estimate of drug-likeness (QED) is 0.672. The van der Waals surface area contributed by atoms with Gasteiger partial charge < -0.3 is 0 Å². The molecule has 2 aromatic rings. The largest absolute Gasteiger partial charge is 0.205 e. The molecule has 1 aromatic carbocycles. The Labute approximate surface area is 88.5 Å². The van der Waals surface area contributed by atoms with Crippen molar-refractivity contribution < 1.29 is 4.39 Å². The molecule has 0 unspecified atom stereocenters. The molecule has 0 aliphatic rings. The van der Waals surface area contributed by atoms with Crippen molar-refractivity contribution in [3.05, 3.63) is 34.5 Å². The lowest BCUT2D eigenvalue weighted by Gasteiger charge is -1.91. The van der Waals surface area contributed by atoms with Gasteiger partial charge in [-0.15, -0.1) is 11.3 Å². The standard InChI is InChI=1S/C10H8BrFS/c1-6-2-3-7-8(4-6)13-9(5-11)10(7)12/h2-4H,5H2,1H3. The maximum absolute atomic E-state index is 13.5. The third kappa shape index (κ3) is 1.51. The molecule has 0 bridgehead atoms. The summed E-state index contributed by atoms with van der Waals surface area (Å²) in [5, 5.41) is 1.34. The lowest BCUT2D eigenvalue weighted by molar-refractivity contribution is 0.636. The molecule has 0 aliphatic carbocycles. The number of hydrogen-bond acceptors (Lipinski definition) is 1. The molecule has 2 rings (SSSR count). The Morgan fingerprint density at radius 2 is 2.23 bits per heavy atom. The summed E-state index contributed by atoms with van der Waals surface area (Å²) in [5.41, 5.74) is 1.18. The highest BCUT2D eigenvalue weighted by Gasteiger charge is 2.09. The first-order chi connectivity index (χ1) is 6.22. The van der Waals surface area contributed by atoms with Crippen molar-refractivity contribution >= 4 is 37.4 Å². The zero-order valence-corrected chi connectivity index (χ0v) is 9.51. The van der Waals surface area contributed by atoms with Gasteiger partial charge in [0.2, 0.25) is 0 Å². The van der Waals surface area contributed by atoms with Crippen molar-refractivity contribution in [2.45, 2.75) is 12.3 Å². The highest BCUT2D eigenvalue weighted by Crippen LogP contribution is 2.31. The van der Waals surface area contributed by atoms with Crippen molar-refractivity contribution in [1.29, 1.82) is 0 Å². The molecule has 68 valence electrons. The minimum atomic E-state index is -0.0723. The number of thiophene rings is 1. The summed E-state index contributed by atoms with van der Waals surface area (Å²) in [7, 11) is 0. The second-order valence-electron chi connectivity index (χ2n) is 2.97. The van der Waals surface area contributed by atoms with Crippen LogP contribution in [0.4, 0.5) is 4.39 Å². The lowest BCUT2D eigenvalue weighted by Crippen LogP contribution is -1.75. The summed E-state index contributed by atoms with van der Waals surface area (Å²) in [6, 6.07) is 5.81. The Kier molecular flexibility index (Phi) is 2.39. The zero-order valence-electron chi connectivity index (χ0n) is 7.10. The Balaban J connectivity index is 2.76. The van der Waals surface area contributed by atoms with Gasteiger partial charge in [-0.2, -0.15) is 0 Å². The van der Waals surface area contributed by atoms with Gasteiger partial charge in [0.15, 0.2) is 0 Å². The molecule has 0 fully saturated rings. The maximum Gasteiger partial charge on any atom is 0.145 e. The SMILES string of the molecule is Cc1ccc2c(F)c(CBr)sc2c1. The molecule has 0 amide bonds. The van der Waals surface area contributed by atoms with E-state index >= 15 is 0 Å². The molecule has 1 aromatic heterocycles. The number of aryl methyl sites for hydroxylation is 1. The molecule has 0 N–H and O–H groups in total. The summed E-state index contributed by atoms with van der Waals surface area (Å²) in [6.07, 6.45) is 0. The second kappa shape index (κ2) is 3.39. The highest BCUT2D eigenvalue weighted by atomic mass is 79.9. The van der Waals surface area contributed by atoms with Crippen LogP contribution in [-0.2, 0) is 5.33 Å². The first-order valence-electron chi connectivity index (χ1n) is 3.96. The molecule has 0 radical (unpaired) electrons. The minimum absolute atomic E-state index is 0.0723. The van der Waals surface area contributed by atoms with Crippen LogP contribution in [0.15, 0.2) is 18.2 Å². The van der Waals surface area contributed by atoms with Gasteiger partial charge in [0.1, 0.15) is 5.82 Å². The second-order valence-corrected chi connectivity index (χ2v) is 4.67. The summed E-state index contributed by atoms with van der Waals surface area (Å²) in [6.45, 7) is 2.02. The highest BCUT2D eigenvalue weighted by molar-refractivity contribution is 9.08. The van der Waals surface area contributed by atoms with Gasteiger partial charge in [0.25, 0.3) is 0 Å².